The monoisotopic (exact) mass is 711 g/mol. The Kier molecular flexibility index (Phi) is 7.47. The van der Waals surface area contributed by atoms with Crippen LogP contribution >= 0.6 is 0 Å². The van der Waals surface area contributed by atoms with Gasteiger partial charge >= 0.3 is 0 Å². The summed E-state index contributed by atoms with van der Waals surface area (Å²) in [6, 6.07) is 82.2. The first-order chi connectivity index (χ1) is 27.8. The van der Waals surface area contributed by atoms with Crippen molar-refractivity contribution in [3.63, 3.8) is 0 Å². The third-order valence-electron chi connectivity index (χ3n) is 11.9. The van der Waals surface area contributed by atoms with E-state index in [-0.39, 0.29) is 5.41 Å². The van der Waals surface area contributed by atoms with Gasteiger partial charge < -0.3 is 4.90 Å². The van der Waals surface area contributed by atoms with E-state index in [4.69, 9.17) is 0 Å². The molecule has 0 heterocycles. The third-order valence-corrected chi connectivity index (χ3v) is 11.9. The van der Waals surface area contributed by atoms with Crippen LogP contribution in [-0.2, 0) is 5.41 Å². The van der Waals surface area contributed by atoms with E-state index in [2.05, 4.69) is 229 Å². The molecular formula is C55H37N. The van der Waals surface area contributed by atoms with Crippen LogP contribution in [0.2, 0.25) is 0 Å². The van der Waals surface area contributed by atoms with Crippen molar-refractivity contribution in [1.82, 2.24) is 0 Å². The molecule has 9 aromatic carbocycles. The van der Waals surface area contributed by atoms with Crippen molar-refractivity contribution in [3.05, 3.63) is 247 Å². The maximum Gasteiger partial charge on any atom is 0.0731 e. The molecule has 0 radical (unpaired) electrons. The molecule has 1 heteroatoms. The average Bonchev–Trinajstić information content (AvgIpc) is 3.75. The van der Waals surface area contributed by atoms with Crippen LogP contribution in [-0.4, -0.2) is 0 Å². The molecular weight excluding hydrogens is 675 g/mol. The maximum atomic E-state index is 2.35. The van der Waals surface area contributed by atoms with Gasteiger partial charge in [-0.3, -0.25) is 0 Å². The summed E-state index contributed by atoms with van der Waals surface area (Å²) in [5.41, 5.74) is 21.1. The van der Waals surface area contributed by atoms with E-state index >= 15 is 0 Å². The van der Waals surface area contributed by atoms with Crippen molar-refractivity contribution in [1.29, 1.82) is 0 Å². The Morgan fingerprint density at radius 3 is 1.09 bits per heavy atom. The number of rotatable bonds is 6. The molecule has 0 amide bonds. The van der Waals surface area contributed by atoms with Gasteiger partial charge in [-0.05, 0) is 114 Å². The van der Waals surface area contributed by atoms with Gasteiger partial charge in [0, 0.05) is 17.1 Å². The summed E-state index contributed by atoms with van der Waals surface area (Å²) in [4.78, 5) is 2.32. The van der Waals surface area contributed by atoms with Crippen LogP contribution in [0.3, 0.4) is 0 Å². The van der Waals surface area contributed by atoms with Gasteiger partial charge in [-0.25, -0.2) is 0 Å². The fourth-order valence-electron chi connectivity index (χ4n) is 9.50. The molecule has 0 N–H and O–H groups in total. The fourth-order valence-corrected chi connectivity index (χ4v) is 9.50. The molecule has 1 spiro atoms. The highest BCUT2D eigenvalue weighted by Gasteiger charge is 2.52. The van der Waals surface area contributed by atoms with E-state index in [0.29, 0.717) is 0 Å². The molecule has 2 aliphatic carbocycles. The van der Waals surface area contributed by atoms with Gasteiger partial charge in [0.05, 0.1) is 5.41 Å². The molecule has 0 saturated carbocycles. The Balaban J connectivity index is 0.967. The van der Waals surface area contributed by atoms with Crippen molar-refractivity contribution < 1.29 is 0 Å². The van der Waals surface area contributed by atoms with Gasteiger partial charge in [0.25, 0.3) is 0 Å². The molecule has 0 atom stereocenters. The first kappa shape index (κ1) is 32.2. The largest absolute Gasteiger partial charge is 0.311 e. The standard InChI is InChI=1S/C55H37N/c1-3-14-38(15-4-1)40-30-34-44(35-31-40)56(43-16-5-2-6-17-43)45-36-32-41(33-37-45)39-26-28-42(29-27-39)46-21-13-22-50-49-20-9-12-25-53(49)55(54(46)50)51-23-10-7-18-47(51)48-19-8-11-24-52(48)55/h1-37H. The summed E-state index contributed by atoms with van der Waals surface area (Å²) in [5, 5.41) is 0. The Morgan fingerprint density at radius 2 is 0.571 bits per heavy atom. The first-order valence-corrected chi connectivity index (χ1v) is 19.4. The number of anilines is 3. The molecule has 0 unspecified atom stereocenters. The Morgan fingerprint density at radius 1 is 0.232 bits per heavy atom. The highest BCUT2D eigenvalue weighted by Crippen LogP contribution is 2.64. The maximum absolute atomic E-state index is 2.35. The molecule has 262 valence electrons. The van der Waals surface area contributed by atoms with Crippen LogP contribution in [0.4, 0.5) is 17.1 Å². The lowest BCUT2D eigenvalue weighted by Crippen LogP contribution is -2.26. The van der Waals surface area contributed by atoms with Crippen molar-refractivity contribution in [2.75, 3.05) is 4.90 Å². The molecule has 0 aromatic heterocycles. The third kappa shape index (κ3) is 4.88. The molecule has 0 aliphatic heterocycles. The second-order valence-electron chi connectivity index (χ2n) is 14.8. The van der Waals surface area contributed by atoms with Crippen molar-refractivity contribution >= 4 is 17.1 Å². The van der Waals surface area contributed by atoms with Crippen LogP contribution in [0.25, 0.3) is 55.6 Å². The molecule has 0 saturated heterocycles. The van der Waals surface area contributed by atoms with Gasteiger partial charge in [-0.2, -0.15) is 0 Å². The molecule has 2 aliphatic rings. The number of hydrogen-bond acceptors (Lipinski definition) is 1. The molecule has 1 nitrogen and oxygen atoms in total. The van der Waals surface area contributed by atoms with E-state index in [1.165, 1.54) is 77.9 Å². The summed E-state index contributed by atoms with van der Waals surface area (Å²) in [6.45, 7) is 0. The van der Waals surface area contributed by atoms with E-state index in [0.717, 1.165) is 17.1 Å². The molecule has 0 bridgehead atoms. The zero-order valence-corrected chi connectivity index (χ0v) is 30.8. The average molecular weight is 712 g/mol. The summed E-state index contributed by atoms with van der Waals surface area (Å²) in [7, 11) is 0. The van der Waals surface area contributed by atoms with Crippen molar-refractivity contribution in [3.8, 4) is 55.6 Å². The van der Waals surface area contributed by atoms with Crippen LogP contribution in [0, 0.1) is 0 Å². The number of para-hydroxylation sites is 1. The lowest BCUT2D eigenvalue weighted by molar-refractivity contribution is 0.796. The predicted octanol–water partition coefficient (Wildman–Crippen LogP) is 14.5. The molecule has 11 rings (SSSR count). The van der Waals surface area contributed by atoms with Crippen LogP contribution < -0.4 is 4.90 Å². The number of benzene rings is 9. The quantitative estimate of drug-likeness (QED) is 0.166. The van der Waals surface area contributed by atoms with Gasteiger partial charge in [-0.15, -0.1) is 0 Å². The summed E-state index contributed by atoms with van der Waals surface area (Å²) < 4.78 is 0. The summed E-state index contributed by atoms with van der Waals surface area (Å²) in [6.07, 6.45) is 0. The zero-order valence-electron chi connectivity index (χ0n) is 30.8. The predicted molar refractivity (Wildman–Crippen MR) is 234 cm³/mol. The van der Waals surface area contributed by atoms with Gasteiger partial charge in [-0.1, -0.05) is 188 Å². The van der Waals surface area contributed by atoms with E-state index in [1.54, 1.807) is 0 Å². The second-order valence-corrected chi connectivity index (χ2v) is 14.8. The van der Waals surface area contributed by atoms with Crippen molar-refractivity contribution in [2.24, 2.45) is 0 Å². The SMILES string of the molecule is c1ccc(-c2ccc(N(c3ccccc3)c3ccc(-c4ccc(-c5cccc6c5C5(c7ccccc7-c7ccccc75)c5ccccc5-6)cc4)cc3)cc2)cc1. The Hall–Kier alpha value is -7.22. The van der Waals surface area contributed by atoms with Crippen LogP contribution in [0.5, 0.6) is 0 Å². The van der Waals surface area contributed by atoms with Crippen LogP contribution in [0.15, 0.2) is 224 Å². The normalized spacial score (nSPS) is 12.8. The Labute approximate surface area is 328 Å². The zero-order chi connectivity index (χ0) is 37.1. The van der Waals surface area contributed by atoms with Crippen LogP contribution in [0.1, 0.15) is 22.3 Å². The molecule has 56 heavy (non-hydrogen) atoms. The summed E-state index contributed by atoms with van der Waals surface area (Å²) >= 11 is 0. The van der Waals surface area contributed by atoms with E-state index in [9.17, 15) is 0 Å². The first-order valence-electron chi connectivity index (χ1n) is 19.4. The smallest absolute Gasteiger partial charge is 0.0731 e. The topological polar surface area (TPSA) is 3.24 Å². The second kappa shape index (κ2) is 13.0. The number of fused-ring (bicyclic) bond motifs is 10. The van der Waals surface area contributed by atoms with Crippen molar-refractivity contribution in [2.45, 2.75) is 5.41 Å². The minimum absolute atomic E-state index is 0.378. The number of nitrogens with zero attached hydrogens (tertiary/aromatic N) is 1. The van der Waals surface area contributed by atoms with Gasteiger partial charge in [0.15, 0.2) is 0 Å². The lowest BCUT2D eigenvalue weighted by Gasteiger charge is -2.32. The molecule has 9 aromatic rings. The Bertz CT molecular complexity index is 2810. The summed E-state index contributed by atoms with van der Waals surface area (Å²) in [5.74, 6) is 0. The van der Waals surface area contributed by atoms with Gasteiger partial charge in [0.2, 0.25) is 0 Å². The highest BCUT2D eigenvalue weighted by molar-refractivity contribution is 5.98. The lowest BCUT2D eigenvalue weighted by atomic mass is 9.68. The molecule has 0 fully saturated rings. The minimum atomic E-state index is -0.378. The van der Waals surface area contributed by atoms with E-state index in [1.807, 2.05) is 0 Å². The van der Waals surface area contributed by atoms with Gasteiger partial charge in [0.1, 0.15) is 0 Å². The van der Waals surface area contributed by atoms with E-state index < -0.39 is 0 Å². The number of hydrogen-bond donors (Lipinski definition) is 0. The highest BCUT2D eigenvalue weighted by atomic mass is 15.1. The fraction of sp³-hybridized carbons (Fsp3) is 0.0182. The minimum Gasteiger partial charge on any atom is -0.311 e.